The summed E-state index contributed by atoms with van der Waals surface area (Å²) in [6.07, 6.45) is 0.592. The highest BCUT2D eigenvalue weighted by atomic mass is 32.2. The fourth-order valence-corrected chi connectivity index (χ4v) is 5.83. The van der Waals surface area contributed by atoms with E-state index < -0.39 is 16.1 Å². The van der Waals surface area contributed by atoms with Crippen molar-refractivity contribution in [1.82, 2.24) is 9.62 Å². The summed E-state index contributed by atoms with van der Waals surface area (Å²) in [7, 11) is -3.87. The number of nitrogens with zero attached hydrogens (tertiary/aromatic N) is 1. The van der Waals surface area contributed by atoms with Crippen LogP contribution >= 0.6 is 0 Å². The first-order valence-corrected chi connectivity index (χ1v) is 12.6. The maximum Gasteiger partial charge on any atom is 0.243 e. The van der Waals surface area contributed by atoms with E-state index in [1.54, 1.807) is 12.1 Å². The molecular formula is C26H27N3O4S. The van der Waals surface area contributed by atoms with E-state index in [-0.39, 0.29) is 29.7 Å². The first kappa shape index (κ1) is 23.7. The molecule has 0 unspecified atom stereocenters. The highest BCUT2D eigenvalue weighted by Gasteiger charge is 2.37. The lowest BCUT2D eigenvalue weighted by Gasteiger charge is -2.36. The van der Waals surface area contributed by atoms with Crippen LogP contribution in [0.3, 0.4) is 0 Å². The zero-order chi connectivity index (χ0) is 24.1. The van der Waals surface area contributed by atoms with Crippen LogP contribution in [0.5, 0.6) is 0 Å². The second-order valence-corrected chi connectivity index (χ2v) is 10.1. The van der Waals surface area contributed by atoms with Crippen molar-refractivity contribution >= 4 is 27.5 Å². The molecule has 0 fully saturated rings. The van der Waals surface area contributed by atoms with Gasteiger partial charge in [0.05, 0.1) is 10.9 Å². The van der Waals surface area contributed by atoms with Crippen molar-refractivity contribution in [3.05, 3.63) is 95.6 Å². The quantitative estimate of drug-likeness (QED) is 0.543. The normalized spacial score (nSPS) is 15.9. The molecule has 2 N–H and O–H groups in total. The van der Waals surface area contributed by atoms with E-state index in [9.17, 15) is 18.0 Å². The Kier molecular flexibility index (Phi) is 7.09. The molecule has 0 spiro atoms. The molecule has 4 rings (SSSR count). The fraction of sp³-hybridized carbons (Fsp3) is 0.231. The third kappa shape index (κ3) is 5.35. The average molecular weight is 478 g/mol. The lowest BCUT2D eigenvalue weighted by atomic mass is 9.92. The molecular weight excluding hydrogens is 450 g/mol. The van der Waals surface area contributed by atoms with Crippen LogP contribution in [0, 0.1) is 0 Å². The highest BCUT2D eigenvalue weighted by Crippen LogP contribution is 2.36. The SMILES string of the molecule is CC(=O)Nc1ccc(S(=O)(=O)N2CCc3ccccc3[C@H]2CC(=O)NCc2ccccc2)cc1. The molecule has 1 heterocycles. The number of rotatable bonds is 7. The lowest BCUT2D eigenvalue weighted by Crippen LogP contribution is -2.42. The number of anilines is 1. The molecule has 8 heteroatoms. The van der Waals surface area contributed by atoms with Gasteiger partial charge < -0.3 is 10.6 Å². The lowest BCUT2D eigenvalue weighted by molar-refractivity contribution is -0.122. The van der Waals surface area contributed by atoms with E-state index >= 15 is 0 Å². The molecule has 2 amide bonds. The van der Waals surface area contributed by atoms with Gasteiger partial charge in [-0.2, -0.15) is 4.31 Å². The minimum absolute atomic E-state index is 0.0209. The smallest absolute Gasteiger partial charge is 0.243 e. The van der Waals surface area contributed by atoms with Crippen LogP contribution in [0.25, 0.3) is 0 Å². The zero-order valence-electron chi connectivity index (χ0n) is 18.9. The van der Waals surface area contributed by atoms with Gasteiger partial charge in [-0.15, -0.1) is 0 Å². The Bertz CT molecular complexity index is 1270. The summed E-state index contributed by atoms with van der Waals surface area (Å²) in [6, 6.07) is 22.7. The van der Waals surface area contributed by atoms with Crippen LogP contribution < -0.4 is 10.6 Å². The fourth-order valence-electron chi connectivity index (χ4n) is 4.22. The van der Waals surface area contributed by atoms with Crippen LogP contribution in [-0.2, 0) is 32.6 Å². The van der Waals surface area contributed by atoms with Gasteiger partial charge >= 0.3 is 0 Å². The summed E-state index contributed by atoms with van der Waals surface area (Å²) in [6.45, 7) is 2.05. The summed E-state index contributed by atoms with van der Waals surface area (Å²) < 4.78 is 28.6. The van der Waals surface area contributed by atoms with Crippen molar-refractivity contribution in [2.75, 3.05) is 11.9 Å². The van der Waals surface area contributed by atoms with Crippen molar-refractivity contribution < 1.29 is 18.0 Å². The molecule has 3 aromatic carbocycles. The number of carbonyl (C=O) groups excluding carboxylic acids is 2. The number of hydrogen-bond donors (Lipinski definition) is 2. The summed E-state index contributed by atoms with van der Waals surface area (Å²) in [4.78, 5) is 24.3. The number of amides is 2. The van der Waals surface area contributed by atoms with Gasteiger partial charge in [0.2, 0.25) is 21.8 Å². The number of nitrogens with one attached hydrogen (secondary N) is 2. The Balaban J connectivity index is 1.58. The van der Waals surface area contributed by atoms with Crippen LogP contribution in [-0.4, -0.2) is 31.1 Å². The average Bonchev–Trinajstić information content (AvgIpc) is 2.83. The Hall–Kier alpha value is -3.49. The van der Waals surface area contributed by atoms with Crippen LogP contribution in [0.15, 0.2) is 83.8 Å². The van der Waals surface area contributed by atoms with Gasteiger partial charge in [0.1, 0.15) is 0 Å². The number of carbonyl (C=O) groups is 2. The third-order valence-electron chi connectivity index (χ3n) is 5.86. The maximum absolute atomic E-state index is 13.6. The minimum Gasteiger partial charge on any atom is -0.352 e. The molecule has 0 aromatic heterocycles. The van der Waals surface area contributed by atoms with Crippen LogP contribution in [0.1, 0.15) is 36.1 Å². The summed E-state index contributed by atoms with van der Waals surface area (Å²) >= 11 is 0. The van der Waals surface area contributed by atoms with Crippen molar-refractivity contribution in [2.45, 2.75) is 37.2 Å². The topological polar surface area (TPSA) is 95.6 Å². The third-order valence-corrected chi connectivity index (χ3v) is 7.78. The number of hydrogen-bond acceptors (Lipinski definition) is 4. The highest BCUT2D eigenvalue weighted by molar-refractivity contribution is 7.89. The molecule has 0 saturated carbocycles. The molecule has 0 bridgehead atoms. The molecule has 176 valence electrons. The van der Waals surface area contributed by atoms with E-state index in [4.69, 9.17) is 0 Å². The summed E-state index contributed by atoms with van der Waals surface area (Å²) in [5.41, 5.74) is 3.40. The maximum atomic E-state index is 13.6. The Morgan fingerprint density at radius 3 is 2.32 bits per heavy atom. The number of benzene rings is 3. The van der Waals surface area contributed by atoms with Crippen molar-refractivity contribution in [1.29, 1.82) is 0 Å². The predicted octanol–water partition coefficient (Wildman–Crippen LogP) is 3.64. The molecule has 1 aliphatic heterocycles. The molecule has 34 heavy (non-hydrogen) atoms. The van der Waals surface area contributed by atoms with E-state index in [0.717, 1.165) is 16.7 Å². The van der Waals surface area contributed by atoms with Gasteiger partial charge in [0.25, 0.3) is 0 Å². The second kappa shape index (κ2) is 10.2. The standard InChI is InChI=1S/C26H27N3O4S/c1-19(30)28-22-11-13-23(14-12-22)34(32,33)29-16-15-21-9-5-6-10-24(21)25(29)17-26(31)27-18-20-7-3-2-4-8-20/h2-14,25H,15-18H2,1H3,(H,27,31)(H,28,30)/t25-/m1/s1. The van der Waals surface area contributed by atoms with Gasteiger partial charge in [0, 0.05) is 32.1 Å². The first-order valence-electron chi connectivity index (χ1n) is 11.1. The molecule has 1 atom stereocenters. The number of sulfonamides is 1. The summed E-state index contributed by atoms with van der Waals surface area (Å²) in [5.74, 6) is -0.448. The van der Waals surface area contributed by atoms with E-state index in [1.165, 1.54) is 23.4 Å². The molecule has 7 nitrogen and oxygen atoms in total. The molecule has 1 aliphatic rings. The van der Waals surface area contributed by atoms with Crippen molar-refractivity contribution in [3.63, 3.8) is 0 Å². The van der Waals surface area contributed by atoms with E-state index in [0.29, 0.717) is 18.7 Å². The molecule has 0 aliphatic carbocycles. The first-order chi connectivity index (χ1) is 16.3. The van der Waals surface area contributed by atoms with Gasteiger partial charge in [0.15, 0.2) is 0 Å². The van der Waals surface area contributed by atoms with Gasteiger partial charge in [-0.1, -0.05) is 54.6 Å². The summed E-state index contributed by atoms with van der Waals surface area (Å²) in [5, 5.41) is 5.55. The second-order valence-electron chi connectivity index (χ2n) is 8.25. The molecule has 0 saturated heterocycles. The van der Waals surface area contributed by atoms with Crippen LogP contribution in [0.4, 0.5) is 5.69 Å². The molecule has 3 aromatic rings. The van der Waals surface area contributed by atoms with E-state index in [1.807, 2.05) is 54.6 Å². The van der Waals surface area contributed by atoms with Gasteiger partial charge in [-0.25, -0.2) is 8.42 Å². The monoisotopic (exact) mass is 477 g/mol. The van der Waals surface area contributed by atoms with Crippen LogP contribution in [0.2, 0.25) is 0 Å². The predicted molar refractivity (Wildman–Crippen MR) is 130 cm³/mol. The Labute approximate surface area is 199 Å². The van der Waals surface area contributed by atoms with Crippen molar-refractivity contribution in [2.24, 2.45) is 0 Å². The Morgan fingerprint density at radius 1 is 0.941 bits per heavy atom. The van der Waals surface area contributed by atoms with Gasteiger partial charge in [-0.05, 0) is 47.4 Å². The van der Waals surface area contributed by atoms with Crippen molar-refractivity contribution in [3.8, 4) is 0 Å². The largest absolute Gasteiger partial charge is 0.352 e. The molecule has 0 radical (unpaired) electrons. The van der Waals surface area contributed by atoms with Gasteiger partial charge in [-0.3, -0.25) is 9.59 Å². The minimum atomic E-state index is -3.87. The number of fused-ring (bicyclic) bond motifs is 1. The van der Waals surface area contributed by atoms with E-state index in [2.05, 4.69) is 10.6 Å². The Morgan fingerprint density at radius 2 is 1.62 bits per heavy atom. The zero-order valence-corrected chi connectivity index (χ0v) is 19.7.